The van der Waals surface area contributed by atoms with Crippen LogP contribution < -0.4 is 0 Å². The Bertz CT molecular complexity index is 229. The highest BCUT2D eigenvalue weighted by Gasteiger charge is 1.87. The molecular formula is C6H8N4O. The Balaban J connectivity index is 2.23. The third-order valence-corrected chi connectivity index (χ3v) is 1.13. The van der Waals surface area contributed by atoms with Crippen LogP contribution in [-0.4, -0.2) is 26.5 Å². The zero-order valence-electron chi connectivity index (χ0n) is 5.92. The van der Waals surface area contributed by atoms with Crippen LogP contribution in [0.15, 0.2) is 18.5 Å². The highest BCUT2D eigenvalue weighted by atomic mass is 16.1. The van der Waals surface area contributed by atoms with Crippen molar-refractivity contribution < 1.29 is 4.79 Å². The topological polar surface area (TPSA) is 60.7 Å². The minimum absolute atomic E-state index is 0.706. The molecule has 5 heteroatoms. The zero-order chi connectivity index (χ0) is 7.94. The lowest BCUT2D eigenvalue weighted by Gasteiger charge is -1.91. The van der Waals surface area contributed by atoms with Gasteiger partial charge in [-0.05, 0) is 22.9 Å². The van der Waals surface area contributed by atoms with Crippen LogP contribution in [-0.2, 0) is 11.3 Å². The van der Waals surface area contributed by atoms with E-state index < -0.39 is 0 Å². The van der Waals surface area contributed by atoms with Crippen molar-refractivity contribution in [2.24, 2.45) is 0 Å². The van der Waals surface area contributed by atoms with Gasteiger partial charge in [-0.15, -0.1) is 5.10 Å². The van der Waals surface area contributed by atoms with Crippen LogP contribution in [0, 0.1) is 0 Å². The summed E-state index contributed by atoms with van der Waals surface area (Å²) in [6.45, 7) is 0.706. The van der Waals surface area contributed by atoms with Gasteiger partial charge in [0.05, 0.1) is 0 Å². The van der Waals surface area contributed by atoms with Gasteiger partial charge in [0, 0.05) is 6.54 Å². The van der Waals surface area contributed by atoms with E-state index in [4.69, 9.17) is 0 Å². The summed E-state index contributed by atoms with van der Waals surface area (Å²) < 4.78 is 1.61. The van der Waals surface area contributed by atoms with Gasteiger partial charge in [0.15, 0.2) is 0 Å². The maximum absolute atomic E-state index is 9.83. The number of hydrogen-bond acceptors (Lipinski definition) is 4. The fraction of sp³-hybridized carbons (Fsp3) is 0.333. The van der Waals surface area contributed by atoms with E-state index in [-0.39, 0.29) is 0 Å². The van der Waals surface area contributed by atoms with Crippen LogP contribution in [0.1, 0.15) is 6.42 Å². The van der Waals surface area contributed by atoms with E-state index >= 15 is 0 Å². The lowest BCUT2D eigenvalue weighted by atomic mass is 10.4. The van der Waals surface area contributed by atoms with Crippen molar-refractivity contribution in [2.75, 3.05) is 0 Å². The molecule has 1 aromatic rings. The first-order chi connectivity index (χ1) is 5.43. The monoisotopic (exact) mass is 152 g/mol. The van der Waals surface area contributed by atoms with Gasteiger partial charge < -0.3 is 0 Å². The minimum Gasteiger partial charge on any atom is -0.299 e. The molecular weight excluding hydrogens is 144 g/mol. The second-order valence-electron chi connectivity index (χ2n) is 1.93. The van der Waals surface area contributed by atoms with Gasteiger partial charge in [-0.1, -0.05) is 6.08 Å². The van der Waals surface area contributed by atoms with Gasteiger partial charge in [-0.2, -0.15) is 0 Å². The van der Waals surface area contributed by atoms with E-state index in [0.717, 1.165) is 12.7 Å². The van der Waals surface area contributed by atoms with E-state index in [1.54, 1.807) is 10.8 Å². The Labute approximate surface area is 63.7 Å². The first-order valence-electron chi connectivity index (χ1n) is 3.24. The van der Waals surface area contributed by atoms with Crippen LogP contribution >= 0.6 is 0 Å². The Kier molecular flexibility index (Phi) is 2.98. The average molecular weight is 152 g/mol. The molecule has 0 bridgehead atoms. The number of rotatable bonds is 4. The van der Waals surface area contributed by atoms with Crippen LogP contribution in [0.2, 0.25) is 0 Å². The standard InChI is InChI=1S/C6H8N4O/c11-5-3-1-2-4-10-6-7-8-9-10/h1,3,5-6H,2,4H2/b3-1+. The summed E-state index contributed by atoms with van der Waals surface area (Å²) in [6.07, 6.45) is 6.29. The molecule has 0 aliphatic rings. The molecule has 5 nitrogen and oxygen atoms in total. The Hall–Kier alpha value is -1.52. The average Bonchev–Trinajstić information content (AvgIpc) is 2.50. The molecule has 0 saturated carbocycles. The molecule has 1 aromatic heterocycles. The van der Waals surface area contributed by atoms with Gasteiger partial charge in [0.1, 0.15) is 12.6 Å². The second kappa shape index (κ2) is 4.32. The van der Waals surface area contributed by atoms with Crippen molar-refractivity contribution in [3.63, 3.8) is 0 Å². The first kappa shape index (κ1) is 7.59. The fourth-order valence-corrected chi connectivity index (χ4v) is 0.641. The van der Waals surface area contributed by atoms with Crippen molar-refractivity contribution in [3.8, 4) is 0 Å². The maximum Gasteiger partial charge on any atom is 0.142 e. The number of aromatic nitrogens is 4. The molecule has 0 unspecified atom stereocenters. The maximum atomic E-state index is 9.83. The largest absolute Gasteiger partial charge is 0.299 e. The second-order valence-corrected chi connectivity index (χ2v) is 1.93. The number of allylic oxidation sites excluding steroid dienone is 2. The molecule has 1 rings (SSSR count). The van der Waals surface area contributed by atoms with Crippen molar-refractivity contribution >= 4 is 6.29 Å². The lowest BCUT2D eigenvalue weighted by molar-refractivity contribution is -0.104. The molecule has 1 heterocycles. The van der Waals surface area contributed by atoms with E-state index in [2.05, 4.69) is 15.5 Å². The number of hydrogen-bond donors (Lipinski definition) is 0. The van der Waals surface area contributed by atoms with Crippen LogP contribution in [0.4, 0.5) is 0 Å². The lowest BCUT2D eigenvalue weighted by Crippen LogP contribution is -1.97. The van der Waals surface area contributed by atoms with Crippen molar-refractivity contribution in [3.05, 3.63) is 18.5 Å². The molecule has 11 heavy (non-hydrogen) atoms. The van der Waals surface area contributed by atoms with Crippen molar-refractivity contribution in [2.45, 2.75) is 13.0 Å². The summed E-state index contributed by atoms with van der Waals surface area (Å²) in [5, 5.41) is 10.6. The number of aryl methyl sites for hydroxylation is 1. The summed E-state index contributed by atoms with van der Waals surface area (Å²) in [7, 11) is 0. The van der Waals surface area contributed by atoms with Gasteiger partial charge in [-0.25, -0.2) is 4.68 Å². The highest BCUT2D eigenvalue weighted by molar-refractivity contribution is 5.64. The Morgan fingerprint density at radius 1 is 1.55 bits per heavy atom. The van der Waals surface area contributed by atoms with E-state index in [0.29, 0.717) is 6.54 Å². The Morgan fingerprint density at radius 3 is 3.09 bits per heavy atom. The summed E-state index contributed by atoms with van der Waals surface area (Å²) in [5.41, 5.74) is 0. The first-order valence-corrected chi connectivity index (χ1v) is 3.24. The third kappa shape index (κ3) is 2.70. The van der Waals surface area contributed by atoms with Crippen LogP contribution in [0.3, 0.4) is 0 Å². The normalized spacial score (nSPS) is 10.5. The molecule has 0 fully saturated rings. The molecule has 0 N–H and O–H groups in total. The van der Waals surface area contributed by atoms with Gasteiger partial charge in [0.25, 0.3) is 0 Å². The van der Waals surface area contributed by atoms with Gasteiger partial charge >= 0.3 is 0 Å². The summed E-state index contributed by atoms with van der Waals surface area (Å²) in [6, 6.07) is 0. The van der Waals surface area contributed by atoms with E-state index in [1.807, 2.05) is 0 Å². The Morgan fingerprint density at radius 2 is 2.45 bits per heavy atom. The molecule has 0 aliphatic heterocycles. The number of tetrazole rings is 1. The molecule has 0 aromatic carbocycles. The van der Waals surface area contributed by atoms with Crippen LogP contribution in [0.5, 0.6) is 0 Å². The number of aldehydes is 1. The quantitative estimate of drug-likeness (QED) is 0.443. The molecule has 0 saturated heterocycles. The fourth-order valence-electron chi connectivity index (χ4n) is 0.641. The minimum atomic E-state index is 0.706. The van der Waals surface area contributed by atoms with Gasteiger partial charge in [-0.3, -0.25) is 4.79 Å². The summed E-state index contributed by atoms with van der Waals surface area (Å²) in [4.78, 5) is 9.83. The van der Waals surface area contributed by atoms with Gasteiger partial charge in [0.2, 0.25) is 0 Å². The van der Waals surface area contributed by atoms with Crippen molar-refractivity contribution in [1.82, 2.24) is 20.2 Å². The molecule has 0 aliphatic carbocycles. The van der Waals surface area contributed by atoms with E-state index in [1.165, 1.54) is 12.4 Å². The number of carbonyl (C=O) groups is 1. The summed E-state index contributed by atoms with van der Waals surface area (Å²) >= 11 is 0. The van der Waals surface area contributed by atoms with E-state index in [9.17, 15) is 4.79 Å². The smallest absolute Gasteiger partial charge is 0.142 e. The molecule has 0 radical (unpaired) electrons. The van der Waals surface area contributed by atoms with Crippen molar-refractivity contribution in [1.29, 1.82) is 0 Å². The molecule has 0 atom stereocenters. The predicted molar refractivity (Wildman–Crippen MR) is 37.6 cm³/mol. The zero-order valence-corrected chi connectivity index (χ0v) is 5.92. The predicted octanol–water partition coefficient (Wildman–Crippen LogP) is -0.182. The third-order valence-electron chi connectivity index (χ3n) is 1.13. The number of carbonyl (C=O) groups excluding carboxylic acids is 1. The van der Waals surface area contributed by atoms with Crippen LogP contribution in [0.25, 0.3) is 0 Å². The number of nitrogens with zero attached hydrogens (tertiary/aromatic N) is 4. The molecule has 0 amide bonds. The molecule has 58 valence electrons. The SMILES string of the molecule is O=C/C=C/CCn1cnnn1. The molecule has 0 spiro atoms. The highest BCUT2D eigenvalue weighted by Crippen LogP contribution is 1.86. The summed E-state index contributed by atoms with van der Waals surface area (Å²) in [5.74, 6) is 0.